The second kappa shape index (κ2) is 5.67. The van der Waals surface area contributed by atoms with Gasteiger partial charge < -0.3 is 10.2 Å². The number of nitrogens with zero attached hydrogens (tertiary/aromatic N) is 2. The molecule has 1 aromatic heterocycles. The molecular formula is C12H18N2O3S. The van der Waals surface area contributed by atoms with Crippen molar-refractivity contribution in [2.75, 3.05) is 5.75 Å². The fraction of sp³-hybridized carbons (Fsp3) is 0.583. The SMILES string of the molecule is CCc1nc(C)c(C(=O)O)c(SCC(C)(C)O)n1. The topological polar surface area (TPSA) is 83.3 Å². The Labute approximate surface area is 111 Å². The molecule has 1 heterocycles. The summed E-state index contributed by atoms with van der Waals surface area (Å²) in [7, 11) is 0. The molecule has 18 heavy (non-hydrogen) atoms. The monoisotopic (exact) mass is 270 g/mol. The Bertz CT molecular complexity index is 455. The summed E-state index contributed by atoms with van der Waals surface area (Å²) in [5, 5.41) is 19.3. The van der Waals surface area contributed by atoms with Gasteiger partial charge in [0.1, 0.15) is 16.4 Å². The molecule has 5 nitrogen and oxygen atoms in total. The summed E-state index contributed by atoms with van der Waals surface area (Å²) in [6.45, 7) is 6.93. The number of carboxylic acids is 1. The van der Waals surface area contributed by atoms with Gasteiger partial charge in [0.2, 0.25) is 0 Å². The van der Waals surface area contributed by atoms with Crippen molar-refractivity contribution in [2.45, 2.75) is 44.7 Å². The van der Waals surface area contributed by atoms with Gasteiger partial charge >= 0.3 is 5.97 Å². The lowest BCUT2D eigenvalue weighted by atomic mass is 10.2. The molecule has 0 saturated heterocycles. The third-order valence-electron chi connectivity index (χ3n) is 2.20. The van der Waals surface area contributed by atoms with Crippen LogP contribution in [0.1, 0.15) is 42.6 Å². The Kier molecular flexibility index (Phi) is 4.70. The zero-order valence-electron chi connectivity index (χ0n) is 11.0. The molecule has 0 aliphatic rings. The third-order valence-corrected chi connectivity index (χ3v) is 3.61. The Morgan fingerprint density at radius 1 is 1.39 bits per heavy atom. The Morgan fingerprint density at radius 3 is 2.44 bits per heavy atom. The predicted octanol–water partition coefficient (Wildman–Crippen LogP) is 1.91. The van der Waals surface area contributed by atoms with Crippen molar-refractivity contribution in [2.24, 2.45) is 0 Å². The summed E-state index contributed by atoms with van der Waals surface area (Å²) in [6.07, 6.45) is 0.650. The maximum absolute atomic E-state index is 11.2. The molecule has 1 rings (SSSR count). The molecular weight excluding hydrogens is 252 g/mol. The van der Waals surface area contributed by atoms with Gasteiger partial charge in [-0.25, -0.2) is 14.8 Å². The van der Waals surface area contributed by atoms with Crippen LogP contribution in [0.15, 0.2) is 5.03 Å². The van der Waals surface area contributed by atoms with E-state index >= 15 is 0 Å². The lowest BCUT2D eigenvalue weighted by molar-refractivity contribution is 0.0690. The highest BCUT2D eigenvalue weighted by atomic mass is 32.2. The number of aliphatic hydroxyl groups is 1. The van der Waals surface area contributed by atoms with Crippen LogP contribution < -0.4 is 0 Å². The minimum absolute atomic E-state index is 0.126. The van der Waals surface area contributed by atoms with Crippen molar-refractivity contribution in [1.29, 1.82) is 0 Å². The first-order chi connectivity index (χ1) is 8.24. The minimum Gasteiger partial charge on any atom is -0.478 e. The van der Waals surface area contributed by atoms with E-state index in [-0.39, 0.29) is 5.56 Å². The van der Waals surface area contributed by atoms with E-state index in [0.717, 1.165) is 0 Å². The van der Waals surface area contributed by atoms with Crippen LogP contribution in [0.2, 0.25) is 0 Å². The van der Waals surface area contributed by atoms with E-state index in [4.69, 9.17) is 0 Å². The van der Waals surface area contributed by atoms with Crippen molar-refractivity contribution < 1.29 is 15.0 Å². The van der Waals surface area contributed by atoms with Crippen LogP contribution in [-0.4, -0.2) is 37.5 Å². The average molecular weight is 270 g/mol. The van der Waals surface area contributed by atoms with E-state index in [9.17, 15) is 15.0 Å². The second-order valence-electron chi connectivity index (χ2n) is 4.67. The van der Waals surface area contributed by atoms with Crippen molar-refractivity contribution in [1.82, 2.24) is 9.97 Å². The smallest absolute Gasteiger partial charge is 0.340 e. The molecule has 0 fully saturated rings. The van der Waals surface area contributed by atoms with E-state index in [1.54, 1.807) is 20.8 Å². The predicted molar refractivity (Wildman–Crippen MR) is 70.1 cm³/mol. The number of carbonyl (C=O) groups is 1. The van der Waals surface area contributed by atoms with Crippen LogP contribution in [-0.2, 0) is 6.42 Å². The highest BCUT2D eigenvalue weighted by molar-refractivity contribution is 7.99. The molecule has 0 bridgehead atoms. The molecule has 0 radical (unpaired) electrons. The Balaban J connectivity index is 3.13. The van der Waals surface area contributed by atoms with Crippen LogP contribution >= 0.6 is 11.8 Å². The summed E-state index contributed by atoms with van der Waals surface area (Å²) < 4.78 is 0. The number of aryl methyl sites for hydroxylation is 2. The molecule has 0 aliphatic carbocycles. The lowest BCUT2D eigenvalue weighted by Crippen LogP contribution is -2.22. The maximum atomic E-state index is 11.2. The third kappa shape index (κ3) is 3.96. The summed E-state index contributed by atoms with van der Waals surface area (Å²) in [5.41, 5.74) is -0.278. The van der Waals surface area contributed by atoms with Crippen molar-refractivity contribution >= 4 is 17.7 Å². The Hall–Kier alpha value is -1.14. The molecule has 100 valence electrons. The summed E-state index contributed by atoms with van der Waals surface area (Å²) >= 11 is 1.24. The quantitative estimate of drug-likeness (QED) is 0.628. The van der Waals surface area contributed by atoms with Gasteiger partial charge in [-0.15, -0.1) is 11.8 Å². The number of hydrogen-bond acceptors (Lipinski definition) is 5. The van der Waals surface area contributed by atoms with Gasteiger partial charge in [0.25, 0.3) is 0 Å². The molecule has 0 spiro atoms. The number of aromatic carboxylic acids is 1. The summed E-state index contributed by atoms with van der Waals surface area (Å²) in [5.74, 6) is -0.0310. The highest BCUT2D eigenvalue weighted by Crippen LogP contribution is 2.26. The van der Waals surface area contributed by atoms with Gasteiger partial charge in [-0.2, -0.15) is 0 Å². The fourth-order valence-electron chi connectivity index (χ4n) is 1.36. The minimum atomic E-state index is -1.03. The van der Waals surface area contributed by atoms with Gasteiger partial charge in [-0.05, 0) is 20.8 Å². The first-order valence-corrected chi connectivity index (χ1v) is 6.69. The molecule has 0 aliphatic heterocycles. The molecule has 0 unspecified atom stereocenters. The van der Waals surface area contributed by atoms with E-state index in [0.29, 0.717) is 28.7 Å². The van der Waals surface area contributed by atoms with E-state index in [1.165, 1.54) is 11.8 Å². The first-order valence-electron chi connectivity index (χ1n) is 5.70. The second-order valence-corrected chi connectivity index (χ2v) is 5.63. The van der Waals surface area contributed by atoms with Crippen LogP contribution in [0.4, 0.5) is 0 Å². The molecule has 0 atom stereocenters. The number of thioether (sulfide) groups is 1. The summed E-state index contributed by atoms with van der Waals surface area (Å²) in [6, 6.07) is 0. The first kappa shape index (κ1) is 14.9. The van der Waals surface area contributed by atoms with E-state index in [1.807, 2.05) is 6.92 Å². The van der Waals surface area contributed by atoms with Crippen molar-refractivity contribution in [3.63, 3.8) is 0 Å². The number of hydrogen-bond donors (Lipinski definition) is 2. The van der Waals surface area contributed by atoms with E-state index < -0.39 is 11.6 Å². The lowest BCUT2D eigenvalue weighted by Gasteiger charge is -2.17. The zero-order chi connectivity index (χ0) is 13.9. The van der Waals surface area contributed by atoms with Gasteiger partial charge in [-0.1, -0.05) is 6.92 Å². The molecule has 0 saturated carbocycles. The van der Waals surface area contributed by atoms with Crippen LogP contribution in [0.3, 0.4) is 0 Å². The van der Waals surface area contributed by atoms with E-state index in [2.05, 4.69) is 9.97 Å². The molecule has 1 aromatic rings. The van der Waals surface area contributed by atoms with Crippen LogP contribution in [0.5, 0.6) is 0 Å². The van der Waals surface area contributed by atoms with Crippen molar-refractivity contribution in [3.8, 4) is 0 Å². The summed E-state index contributed by atoms with van der Waals surface area (Å²) in [4.78, 5) is 19.6. The number of aromatic nitrogens is 2. The fourth-order valence-corrected chi connectivity index (χ4v) is 2.40. The van der Waals surface area contributed by atoms with Crippen LogP contribution in [0, 0.1) is 6.92 Å². The number of carboxylic acid groups (broad SMARTS) is 1. The standard InChI is InChI=1S/C12H18N2O3S/c1-5-8-13-7(2)9(11(15)16)10(14-8)18-6-12(3,4)17/h17H,5-6H2,1-4H3,(H,15,16). The number of rotatable bonds is 5. The maximum Gasteiger partial charge on any atom is 0.340 e. The highest BCUT2D eigenvalue weighted by Gasteiger charge is 2.21. The van der Waals surface area contributed by atoms with Gasteiger partial charge in [0, 0.05) is 12.2 Å². The van der Waals surface area contributed by atoms with Gasteiger partial charge in [0.15, 0.2) is 0 Å². The van der Waals surface area contributed by atoms with Crippen molar-refractivity contribution in [3.05, 3.63) is 17.1 Å². The van der Waals surface area contributed by atoms with Crippen LogP contribution in [0.25, 0.3) is 0 Å². The molecule has 0 amide bonds. The van der Waals surface area contributed by atoms with Gasteiger partial charge in [0.05, 0.1) is 11.3 Å². The Morgan fingerprint density at radius 2 is 2.00 bits per heavy atom. The zero-order valence-corrected chi connectivity index (χ0v) is 11.8. The molecule has 6 heteroatoms. The largest absolute Gasteiger partial charge is 0.478 e. The molecule has 0 aromatic carbocycles. The molecule has 2 N–H and O–H groups in total. The normalized spacial score (nSPS) is 11.6. The average Bonchev–Trinajstić information content (AvgIpc) is 2.23. The van der Waals surface area contributed by atoms with Gasteiger partial charge in [-0.3, -0.25) is 0 Å².